The molecule has 1 heterocycles. The van der Waals surface area contributed by atoms with E-state index in [0.29, 0.717) is 17.2 Å². The van der Waals surface area contributed by atoms with Crippen LogP contribution in [0.2, 0.25) is 0 Å². The van der Waals surface area contributed by atoms with Gasteiger partial charge in [-0.2, -0.15) is 0 Å². The van der Waals surface area contributed by atoms with Gasteiger partial charge in [0.25, 0.3) is 0 Å². The van der Waals surface area contributed by atoms with E-state index in [1.807, 2.05) is 54.8 Å². The minimum absolute atomic E-state index is 0.126. The summed E-state index contributed by atoms with van der Waals surface area (Å²) in [5, 5.41) is 2.70. The van der Waals surface area contributed by atoms with Crippen molar-refractivity contribution in [3.8, 4) is 22.1 Å². The average molecular weight is 395 g/mol. The summed E-state index contributed by atoms with van der Waals surface area (Å²) in [5.41, 5.74) is 3.74. The molecule has 0 amide bonds. The van der Waals surface area contributed by atoms with Gasteiger partial charge in [-0.05, 0) is 36.8 Å². The Labute approximate surface area is 168 Å². The van der Waals surface area contributed by atoms with Crippen LogP contribution in [-0.2, 0) is 16.1 Å². The van der Waals surface area contributed by atoms with Crippen molar-refractivity contribution < 1.29 is 19.0 Å². The third-order valence-corrected chi connectivity index (χ3v) is 4.97. The fourth-order valence-corrected chi connectivity index (χ4v) is 3.31. The molecule has 0 unspecified atom stereocenters. The van der Waals surface area contributed by atoms with Gasteiger partial charge in [-0.25, -0.2) is 9.78 Å². The number of esters is 1. The predicted octanol–water partition coefficient (Wildman–Crippen LogP) is 4.89. The highest BCUT2D eigenvalue weighted by atomic mass is 32.1. The lowest BCUT2D eigenvalue weighted by Crippen LogP contribution is -2.01. The third-order valence-electron chi connectivity index (χ3n) is 4.03. The Morgan fingerprint density at radius 1 is 1.07 bits per heavy atom. The third kappa shape index (κ3) is 4.98. The summed E-state index contributed by atoms with van der Waals surface area (Å²) in [5.74, 6) is 0.906. The Kier molecular flexibility index (Phi) is 6.45. The minimum Gasteiger partial charge on any atom is -0.493 e. The first-order valence-corrected chi connectivity index (χ1v) is 9.55. The Morgan fingerprint density at radius 3 is 2.54 bits per heavy atom. The monoisotopic (exact) mass is 395 g/mol. The number of carbonyl (C=O) groups excluding carboxylic acids is 1. The first-order chi connectivity index (χ1) is 13.6. The van der Waals surface area contributed by atoms with Gasteiger partial charge in [0.15, 0.2) is 11.5 Å². The number of aromatic nitrogens is 1. The van der Waals surface area contributed by atoms with Gasteiger partial charge in [0.1, 0.15) is 11.6 Å². The lowest BCUT2D eigenvalue weighted by Gasteiger charge is -2.08. The number of benzene rings is 2. The average Bonchev–Trinajstić information content (AvgIpc) is 3.20. The summed E-state index contributed by atoms with van der Waals surface area (Å²) in [6.45, 7) is 2.15. The van der Waals surface area contributed by atoms with E-state index in [4.69, 9.17) is 14.2 Å². The topological polar surface area (TPSA) is 57.7 Å². The second-order valence-corrected chi connectivity index (χ2v) is 6.92. The molecule has 3 rings (SSSR count). The zero-order valence-electron chi connectivity index (χ0n) is 16.0. The molecule has 0 aliphatic heterocycles. The van der Waals surface area contributed by atoms with E-state index in [1.54, 1.807) is 20.3 Å². The van der Waals surface area contributed by atoms with Crippen molar-refractivity contribution in [2.24, 2.45) is 0 Å². The number of methoxy groups -OCH3 is 2. The summed E-state index contributed by atoms with van der Waals surface area (Å²) in [4.78, 5) is 16.5. The molecule has 0 N–H and O–H groups in total. The minimum atomic E-state index is -0.402. The maximum atomic E-state index is 11.9. The highest BCUT2D eigenvalue weighted by Crippen LogP contribution is 2.33. The quantitative estimate of drug-likeness (QED) is 0.421. The fraction of sp³-hybridized carbons (Fsp3) is 0.182. The summed E-state index contributed by atoms with van der Waals surface area (Å²) in [6.07, 6.45) is 3.16. The van der Waals surface area contributed by atoms with Gasteiger partial charge >= 0.3 is 5.97 Å². The lowest BCUT2D eigenvalue weighted by molar-refractivity contribution is -0.139. The van der Waals surface area contributed by atoms with Crippen LogP contribution in [0, 0.1) is 6.92 Å². The second kappa shape index (κ2) is 9.19. The molecule has 0 aliphatic carbocycles. The second-order valence-electron chi connectivity index (χ2n) is 6.07. The van der Waals surface area contributed by atoms with E-state index in [0.717, 1.165) is 16.1 Å². The van der Waals surface area contributed by atoms with Crippen molar-refractivity contribution in [3.05, 3.63) is 70.7 Å². The molecular weight excluding hydrogens is 374 g/mol. The van der Waals surface area contributed by atoms with Crippen LogP contribution in [-0.4, -0.2) is 25.2 Å². The van der Waals surface area contributed by atoms with Crippen LogP contribution >= 0.6 is 11.3 Å². The van der Waals surface area contributed by atoms with Crippen LogP contribution in [0.25, 0.3) is 16.6 Å². The van der Waals surface area contributed by atoms with E-state index >= 15 is 0 Å². The maximum absolute atomic E-state index is 11.9. The van der Waals surface area contributed by atoms with Crippen LogP contribution in [0.3, 0.4) is 0 Å². The normalized spacial score (nSPS) is 10.8. The van der Waals surface area contributed by atoms with Gasteiger partial charge in [-0.3, -0.25) is 0 Å². The SMILES string of the molecule is COc1ccc(-c2nc(COC(=O)/C=C/c3ccc(C)cc3)cs2)cc1OC. The van der Waals surface area contributed by atoms with E-state index in [1.165, 1.54) is 23.0 Å². The van der Waals surface area contributed by atoms with Gasteiger partial charge in [-0.1, -0.05) is 29.8 Å². The highest BCUT2D eigenvalue weighted by Gasteiger charge is 2.10. The number of hydrogen-bond donors (Lipinski definition) is 0. The van der Waals surface area contributed by atoms with Crippen molar-refractivity contribution in [2.75, 3.05) is 14.2 Å². The molecule has 144 valence electrons. The molecule has 1 aromatic heterocycles. The molecule has 0 radical (unpaired) electrons. The van der Waals surface area contributed by atoms with E-state index in [2.05, 4.69) is 4.98 Å². The van der Waals surface area contributed by atoms with E-state index < -0.39 is 5.97 Å². The van der Waals surface area contributed by atoms with Crippen LogP contribution in [0.4, 0.5) is 0 Å². The van der Waals surface area contributed by atoms with Crippen LogP contribution in [0.1, 0.15) is 16.8 Å². The van der Waals surface area contributed by atoms with Crippen molar-refractivity contribution in [2.45, 2.75) is 13.5 Å². The van der Waals surface area contributed by atoms with Crippen molar-refractivity contribution >= 4 is 23.4 Å². The van der Waals surface area contributed by atoms with Crippen LogP contribution in [0.5, 0.6) is 11.5 Å². The number of nitrogens with zero attached hydrogens (tertiary/aromatic N) is 1. The molecule has 0 aliphatic rings. The molecule has 3 aromatic rings. The first kappa shape index (κ1) is 19.6. The molecule has 0 fully saturated rings. The van der Waals surface area contributed by atoms with Gasteiger partial charge in [-0.15, -0.1) is 11.3 Å². The number of thiazole rings is 1. The molecule has 0 saturated carbocycles. The Hall–Kier alpha value is -3.12. The highest BCUT2D eigenvalue weighted by molar-refractivity contribution is 7.13. The number of hydrogen-bond acceptors (Lipinski definition) is 6. The van der Waals surface area contributed by atoms with Crippen LogP contribution < -0.4 is 9.47 Å². The van der Waals surface area contributed by atoms with Gasteiger partial charge in [0.05, 0.1) is 19.9 Å². The summed E-state index contributed by atoms with van der Waals surface area (Å²) < 4.78 is 15.9. The largest absolute Gasteiger partial charge is 0.493 e. The summed E-state index contributed by atoms with van der Waals surface area (Å²) >= 11 is 1.48. The molecule has 5 nitrogen and oxygen atoms in total. The Bertz CT molecular complexity index is 976. The fourth-order valence-electron chi connectivity index (χ4n) is 2.51. The molecule has 0 bridgehead atoms. The first-order valence-electron chi connectivity index (χ1n) is 8.67. The number of rotatable bonds is 7. The van der Waals surface area contributed by atoms with Crippen LogP contribution in [0.15, 0.2) is 53.9 Å². The molecule has 0 atom stereocenters. The molecule has 0 saturated heterocycles. The van der Waals surface area contributed by atoms with Gasteiger partial charge < -0.3 is 14.2 Å². The number of carbonyl (C=O) groups is 1. The Balaban J connectivity index is 1.60. The number of aryl methyl sites for hydroxylation is 1. The van der Waals surface area contributed by atoms with Crippen molar-refractivity contribution in [1.29, 1.82) is 0 Å². The van der Waals surface area contributed by atoms with Gasteiger partial charge in [0.2, 0.25) is 0 Å². The predicted molar refractivity (Wildman–Crippen MR) is 111 cm³/mol. The number of ether oxygens (including phenoxy) is 3. The molecule has 0 spiro atoms. The summed E-state index contributed by atoms with van der Waals surface area (Å²) in [6, 6.07) is 13.5. The molecule has 2 aromatic carbocycles. The zero-order valence-corrected chi connectivity index (χ0v) is 16.8. The zero-order chi connectivity index (χ0) is 19.9. The summed E-state index contributed by atoms with van der Waals surface area (Å²) in [7, 11) is 3.19. The van der Waals surface area contributed by atoms with Crippen molar-refractivity contribution in [3.63, 3.8) is 0 Å². The Morgan fingerprint density at radius 2 is 1.82 bits per heavy atom. The lowest BCUT2D eigenvalue weighted by atomic mass is 10.1. The van der Waals surface area contributed by atoms with Crippen molar-refractivity contribution in [1.82, 2.24) is 4.98 Å². The van der Waals surface area contributed by atoms with E-state index in [9.17, 15) is 4.79 Å². The molecule has 28 heavy (non-hydrogen) atoms. The van der Waals surface area contributed by atoms with E-state index in [-0.39, 0.29) is 6.61 Å². The van der Waals surface area contributed by atoms with Gasteiger partial charge in [0, 0.05) is 17.0 Å². The standard InChI is InChI=1S/C22H21NO4S/c1-15-4-6-16(7-5-15)8-11-21(24)27-13-18-14-28-22(23-18)17-9-10-19(25-2)20(12-17)26-3/h4-12,14H,13H2,1-3H3/b11-8+. The molecule has 6 heteroatoms. The smallest absolute Gasteiger partial charge is 0.331 e. The maximum Gasteiger partial charge on any atom is 0.331 e. The molecular formula is C22H21NO4S.